The van der Waals surface area contributed by atoms with Crippen molar-refractivity contribution in [1.82, 2.24) is 14.9 Å². The van der Waals surface area contributed by atoms with E-state index < -0.39 is 0 Å². The van der Waals surface area contributed by atoms with Crippen molar-refractivity contribution in [3.8, 4) is 22.9 Å². The highest BCUT2D eigenvalue weighted by Crippen LogP contribution is 2.34. The van der Waals surface area contributed by atoms with E-state index >= 15 is 0 Å². The third-order valence-electron chi connectivity index (χ3n) is 6.72. The lowest BCUT2D eigenvalue weighted by Crippen LogP contribution is -2.47. The molecule has 8 nitrogen and oxygen atoms in total. The third-order valence-corrected chi connectivity index (χ3v) is 6.72. The predicted molar refractivity (Wildman–Crippen MR) is 138 cm³/mol. The first-order valence-corrected chi connectivity index (χ1v) is 12.3. The van der Waals surface area contributed by atoms with Crippen LogP contribution in [0.4, 0.5) is 5.82 Å². The van der Waals surface area contributed by atoms with Crippen LogP contribution in [0.1, 0.15) is 35.5 Å². The Kier molecular flexibility index (Phi) is 6.78. The van der Waals surface area contributed by atoms with E-state index in [4.69, 9.17) is 24.2 Å². The van der Waals surface area contributed by atoms with Crippen molar-refractivity contribution < 1.29 is 19.0 Å². The molecule has 3 aromatic rings. The maximum absolute atomic E-state index is 13.7. The molecule has 1 fully saturated rings. The number of morpholine rings is 1. The number of anilines is 1. The molecule has 5 rings (SSSR count). The number of hydrogen-bond acceptors (Lipinski definition) is 7. The van der Waals surface area contributed by atoms with Gasteiger partial charge in [-0.1, -0.05) is 36.4 Å². The largest absolute Gasteiger partial charge is 0.496 e. The van der Waals surface area contributed by atoms with Crippen molar-refractivity contribution in [3.63, 3.8) is 0 Å². The van der Waals surface area contributed by atoms with E-state index in [1.165, 1.54) is 0 Å². The molecule has 0 bridgehead atoms. The van der Waals surface area contributed by atoms with Crippen LogP contribution in [0.5, 0.6) is 11.5 Å². The number of carbonyl (C=O) groups is 1. The predicted octanol–water partition coefficient (Wildman–Crippen LogP) is 3.97. The van der Waals surface area contributed by atoms with E-state index in [1.807, 2.05) is 41.3 Å². The standard InChI is InChI=1S/C28H32N4O4/c1-18-15-32(16-19(2)36-18)27-21-17-31(28(33)25-23(34-3)11-8-12-24(25)35-4)14-13-22(21)29-26(30-27)20-9-6-5-7-10-20/h5-12,18-19H,13-17H2,1-4H3. The van der Waals surface area contributed by atoms with Crippen molar-refractivity contribution in [2.24, 2.45) is 0 Å². The first-order chi connectivity index (χ1) is 17.5. The van der Waals surface area contributed by atoms with E-state index in [0.29, 0.717) is 42.4 Å². The Bertz CT molecular complexity index is 1220. The Balaban J connectivity index is 1.55. The van der Waals surface area contributed by atoms with Gasteiger partial charge in [-0.3, -0.25) is 4.79 Å². The summed E-state index contributed by atoms with van der Waals surface area (Å²) >= 11 is 0. The lowest BCUT2D eigenvalue weighted by atomic mass is 10.0. The molecule has 0 N–H and O–H groups in total. The van der Waals surface area contributed by atoms with Crippen molar-refractivity contribution >= 4 is 11.7 Å². The van der Waals surface area contributed by atoms with Gasteiger partial charge in [0.2, 0.25) is 0 Å². The second kappa shape index (κ2) is 10.1. The maximum Gasteiger partial charge on any atom is 0.261 e. The number of benzene rings is 2. The molecular weight excluding hydrogens is 456 g/mol. The van der Waals surface area contributed by atoms with Gasteiger partial charge in [0.15, 0.2) is 5.82 Å². The lowest BCUT2D eigenvalue weighted by Gasteiger charge is -2.39. The molecule has 2 atom stereocenters. The topological polar surface area (TPSA) is 77.0 Å². The number of hydrogen-bond donors (Lipinski definition) is 0. The zero-order chi connectivity index (χ0) is 25.2. The first kappa shape index (κ1) is 24.1. The second-order valence-corrected chi connectivity index (χ2v) is 9.34. The summed E-state index contributed by atoms with van der Waals surface area (Å²) in [4.78, 5) is 27.9. The number of carbonyl (C=O) groups excluding carboxylic acids is 1. The molecule has 1 saturated heterocycles. The molecule has 1 amide bonds. The van der Waals surface area contributed by atoms with Crippen LogP contribution in [0.15, 0.2) is 48.5 Å². The third kappa shape index (κ3) is 4.60. The van der Waals surface area contributed by atoms with E-state index in [0.717, 1.165) is 35.7 Å². The zero-order valence-corrected chi connectivity index (χ0v) is 21.2. The summed E-state index contributed by atoms with van der Waals surface area (Å²) in [5.41, 5.74) is 3.39. The average molecular weight is 489 g/mol. The molecule has 36 heavy (non-hydrogen) atoms. The summed E-state index contributed by atoms with van der Waals surface area (Å²) in [5.74, 6) is 2.46. The number of amides is 1. The smallest absolute Gasteiger partial charge is 0.261 e. The normalized spacial score (nSPS) is 19.6. The number of nitrogens with zero attached hydrogens (tertiary/aromatic N) is 4. The molecule has 0 aliphatic carbocycles. The Labute approximate surface area is 211 Å². The van der Waals surface area contributed by atoms with Crippen molar-refractivity contribution in [2.45, 2.75) is 39.0 Å². The molecule has 2 aliphatic heterocycles. The van der Waals surface area contributed by atoms with Gasteiger partial charge in [0.1, 0.15) is 22.9 Å². The van der Waals surface area contributed by atoms with E-state index in [1.54, 1.807) is 26.4 Å². The van der Waals surface area contributed by atoms with E-state index in [-0.39, 0.29) is 18.1 Å². The van der Waals surface area contributed by atoms with E-state index in [9.17, 15) is 4.79 Å². The fourth-order valence-electron chi connectivity index (χ4n) is 5.12. The molecule has 0 radical (unpaired) electrons. The van der Waals surface area contributed by atoms with Gasteiger partial charge in [-0.25, -0.2) is 9.97 Å². The van der Waals surface area contributed by atoms with Crippen LogP contribution in [0.2, 0.25) is 0 Å². The summed E-state index contributed by atoms with van der Waals surface area (Å²) in [7, 11) is 3.13. The zero-order valence-electron chi connectivity index (χ0n) is 21.2. The second-order valence-electron chi connectivity index (χ2n) is 9.34. The minimum absolute atomic E-state index is 0.0821. The Morgan fingerprint density at radius 1 is 0.944 bits per heavy atom. The fourth-order valence-corrected chi connectivity index (χ4v) is 5.12. The van der Waals surface area contributed by atoms with Gasteiger partial charge in [-0.15, -0.1) is 0 Å². The summed E-state index contributed by atoms with van der Waals surface area (Å²) in [5, 5.41) is 0. The van der Waals surface area contributed by atoms with Crippen molar-refractivity contribution in [1.29, 1.82) is 0 Å². The van der Waals surface area contributed by atoms with Crippen LogP contribution in [0.3, 0.4) is 0 Å². The summed E-state index contributed by atoms with van der Waals surface area (Å²) in [6, 6.07) is 15.4. The van der Waals surface area contributed by atoms with Gasteiger partial charge in [-0.05, 0) is 26.0 Å². The number of ether oxygens (including phenoxy) is 3. The van der Waals surface area contributed by atoms with Crippen molar-refractivity contribution in [2.75, 3.05) is 38.8 Å². The van der Waals surface area contributed by atoms with Gasteiger partial charge < -0.3 is 24.0 Å². The number of methoxy groups -OCH3 is 2. The molecule has 2 aromatic carbocycles. The molecule has 0 spiro atoms. The molecule has 2 aliphatic rings. The van der Waals surface area contributed by atoms with Gasteiger partial charge >= 0.3 is 0 Å². The monoisotopic (exact) mass is 488 g/mol. The van der Waals surface area contributed by atoms with Crippen LogP contribution in [-0.4, -0.2) is 66.8 Å². The van der Waals surface area contributed by atoms with Crippen LogP contribution < -0.4 is 14.4 Å². The molecule has 1 aromatic heterocycles. The van der Waals surface area contributed by atoms with Crippen LogP contribution in [-0.2, 0) is 17.7 Å². The fraction of sp³-hybridized carbons (Fsp3) is 0.393. The summed E-state index contributed by atoms with van der Waals surface area (Å²) in [6.07, 6.45) is 0.806. The number of fused-ring (bicyclic) bond motifs is 1. The molecule has 2 unspecified atom stereocenters. The first-order valence-electron chi connectivity index (χ1n) is 12.3. The Morgan fingerprint density at radius 3 is 2.25 bits per heavy atom. The Morgan fingerprint density at radius 2 is 1.61 bits per heavy atom. The quantitative estimate of drug-likeness (QED) is 0.538. The van der Waals surface area contributed by atoms with Crippen LogP contribution >= 0.6 is 0 Å². The molecular formula is C28H32N4O4. The summed E-state index contributed by atoms with van der Waals surface area (Å²) in [6.45, 7) is 6.59. The summed E-state index contributed by atoms with van der Waals surface area (Å²) < 4.78 is 17.0. The maximum atomic E-state index is 13.7. The highest BCUT2D eigenvalue weighted by atomic mass is 16.5. The van der Waals surface area contributed by atoms with E-state index in [2.05, 4.69) is 18.7 Å². The van der Waals surface area contributed by atoms with Crippen LogP contribution in [0, 0.1) is 0 Å². The minimum Gasteiger partial charge on any atom is -0.496 e. The minimum atomic E-state index is -0.128. The highest BCUT2D eigenvalue weighted by Gasteiger charge is 2.33. The van der Waals surface area contributed by atoms with Gasteiger partial charge in [-0.2, -0.15) is 0 Å². The van der Waals surface area contributed by atoms with Crippen LogP contribution in [0.25, 0.3) is 11.4 Å². The van der Waals surface area contributed by atoms with Gasteiger partial charge in [0, 0.05) is 37.2 Å². The molecule has 188 valence electrons. The highest BCUT2D eigenvalue weighted by molar-refractivity contribution is 6.00. The number of aromatic nitrogens is 2. The number of rotatable bonds is 5. The Hall–Kier alpha value is -3.65. The average Bonchev–Trinajstić information content (AvgIpc) is 2.91. The van der Waals surface area contributed by atoms with Gasteiger partial charge in [0.25, 0.3) is 5.91 Å². The lowest BCUT2D eigenvalue weighted by molar-refractivity contribution is -0.00558. The molecule has 8 heteroatoms. The SMILES string of the molecule is COc1cccc(OC)c1C(=O)N1CCc2nc(-c3ccccc3)nc(N3CC(C)OC(C)C3)c2C1. The van der Waals surface area contributed by atoms with Crippen molar-refractivity contribution in [3.05, 3.63) is 65.4 Å². The van der Waals surface area contributed by atoms with Gasteiger partial charge in [0.05, 0.1) is 38.7 Å². The molecule has 3 heterocycles. The molecule has 0 saturated carbocycles.